The van der Waals surface area contributed by atoms with Crippen molar-refractivity contribution in [2.24, 2.45) is 0 Å². The largest absolute Gasteiger partial charge is 0.336 e. The van der Waals surface area contributed by atoms with Gasteiger partial charge in [0, 0.05) is 25.0 Å². The minimum atomic E-state index is -3.34. The van der Waals surface area contributed by atoms with Crippen LogP contribution in [0.15, 0.2) is 30.3 Å². The van der Waals surface area contributed by atoms with Gasteiger partial charge in [0.1, 0.15) is 0 Å². The van der Waals surface area contributed by atoms with Gasteiger partial charge >= 0.3 is 0 Å². The average Bonchev–Trinajstić information content (AvgIpc) is 2.82. The van der Waals surface area contributed by atoms with Gasteiger partial charge in [0.2, 0.25) is 15.9 Å². The molecule has 1 aromatic carbocycles. The molecule has 1 aromatic rings. The first-order valence-corrected chi connectivity index (χ1v) is 9.69. The first-order chi connectivity index (χ1) is 10.8. The molecule has 5 nitrogen and oxygen atoms in total. The van der Waals surface area contributed by atoms with E-state index in [9.17, 15) is 13.2 Å². The molecule has 0 N–H and O–H groups in total. The van der Waals surface area contributed by atoms with E-state index in [4.69, 9.17) is 0 Å². The Labute approximate surface area is 139 Å². The van der Waals surface area contributed by atoms with E-state index in [-0.39, 0.29) is 30.3 Å². The van der Waals surface area contributed by atoms with Crippen LogP contribution in [0.5, 0.6) is 0 Å². The van der Waals surface area contributed by atoms with Crippen molar-refractivity contribution in [1.29, 1.82) is 0 Å². The lowest BCUT2D eigenvalue weighted by Gasteiger charge is -2.29. The van der Waals surface area contributed by atoms with E-state index in [2.05, 4.69) is 12.1 Å². The molecule has 3 atom stereocenters. The highest BCUT2D eigenvalue weighted by Gasteiger charge is 2.40. The van der Waals surface area contributed by atoms with Gasteiger partial charge in [-0.05, 0) is 32.8 Å². The predicted molar refractivity (Wildman–Crippen MR) is 91.7 cm³/mol. The molecule has 128 valence electrons. The Balaban J connectivity index is 2.12. The summed E-state index contributed by atoms with van der Waals surface area (Å²) in [5, 5.41) is 0. The molecule has 1 aliphatic heterocycles. The summed E-state index contributed by atoms with van der Waals surface area (Å²) in [6, 6.07) is 10.4. The summed E-state index contributed by atoms with van der Waals surface area (Å²) in [5.41, 5.74) is 1.23. The maximum Gasteiger partial charge on any atom is 0.238 e. The normalized spacial score (nSPS) is 25.1. The molecular weight excluding hydrogens is 312 g/mol. The van der Waals surface area contributed by atoms with Gasteiger partial charge in [-0.25, -0.2) is 8.42 Å². The third kappa shape index (κ3) is 3.75. The van der Waals surface area contributed by atoms with Crippen LogP contribution in [0.2, 0.25) is 0 Å². The number of benzene rings is 1. The molecule has 0 aromatic heterocycles. The van der Waals surface area contributed by atoms with Gasteiger partial charge in [0.15, 0.2) is 0 Å². The molecule has 0 saturated carbocycles. The second kappa shape index (κ2) is 7.01. The first-order valence-electron chi connectivity index (χ1n) is 8.08. The Morgan fingerprint density at radius 3 is 2.43 bits per heavy atom. The lowest BCUT2D eigenvalue weighted by molar-refractivity contribution is -0.133. The molecule has 1 fully saturated rings. The summed E-state index contributed by atoms with van der Waals surface area (Å²) >= 11 is 0. The molecule has 2 rings (SSSR count). The number of sulfonamides is 1. The predicted octanol–water partition coefficient (Wildman–Crippen LogP) is 2.06. The Morgan fingerprint density at radius 2 is 1.87 bits per heavy atom. The molecule has 0 unspecified atom stereocenters. The zero-order chi connectivity index (χ0) is 17.2. The standard InChI is InChI=1S/C17H26N2O3S/c1-5-23(21,22)18(4)12-17(20)19-13(2)11-16(14(19)3)15-9-7-6-8-10-15/h6-10,13-14,16H,5,11-12H2,1-4H3/t13-,14+,16+/m1/s1. The second-order valence-electron chi connectivity index (χ2n) is 6.30. The van der Waals surface area contributed by atoms with E-state index in [1.165, 1.54) is 12.6 Å². The zero-order valence-electron chi connectivity index (χ0n) is 14.3. The fraction of sp³-hybridized carbons (Fsp3) is 0.588. The van der Waals surface area contributed by atoms with Crippen LogP contribution < -0.4 is 0 Å². The molecule has 0 aliphatic carbocycles. The lowest BCUT2D eigenvalue weighted by Crippen LogP contribution is -2.46. The molecule has 1 saturated heterocycles. The maximum absolute atomic E-state index is 12.6. The first kappa shape index (κ1) is 17.9. The fourth-order valence-electron chi connectivity index (χ4n) is 3.45. The van der Waals surface area contributed by atoms with Crippen LogP contribution >= 0.6 is 0 Å². The van der Waals surface area contributed by atoms with Crippen LogP contribution in [0.4, 0.5) is 0 Å². The van der Waals surface area contributed by atoms with Crippen molar-refractivity contribution in [3.8, 4) is 0 Å². The van der Waals surface area contributed by atoms with Crippen molar-refractivity contribution in [2.75, 3.05) is 19.3 Å². The minimum Gasteiger partial charge on any atom is -0.336 e. The summed E-state index contributed by atoms with van der Waals surface area (Å²) < 4.78 is 24.9. The summed E-state index contributed by atoms with van der Waals surface area (Å²) in [7, 11) is -1.87. The van der Waals surface area contributed by atoms with Gasteiger partial charge in [-0.1, -0.05) is 30.3 Å². The molecule has 1 heterocycles. The SMILES string of the molecule is CCS(=O)(=O)N(C)CC(=O)N1[C@H](C)C[C@H](c2ccccc2)[C@@H]1C. The van der Waals surface area contributed by atoms with Gasteiger partial charge in [-0.3, -0.25) is 4.79 Å². The van der Waals surface area contributed by atoms with E-state index in [1.54, 1.807) is 6.92 Å². The third-order valence-corrected chi connectivity index (χ3v) is 6.61. The van der Waals surface area contributed by atoms with Gasteiger partial charge in [0.25, 0.3) is 0 Å². The molecule has 0 radical (unpaired) electrons. The average molecular weight is 338 g/mol. The van der Waals surface area contributed by atoms with Crippen LogP contribution in [-0.4, -0.2) is 55.0 Å². The number of carbonyl (C=O) groups excluding carboxylic acids is 1. The minimum absolute atomic E-state index is 0.00846. The number of nitrogens with zero attached hydrogens (tertiary/aromatic N) is 2. The highest BCUT2D eigenvalue weighted by molar-refractivity contribution is 7.89. The van der Waals surface area contributed by atoms with Crippen molar-refractivity contribution in [3.63, 3.8) is 0 Å². The van der Waals surface area contributed by atoms with Gasteiger partial charge in [0.05, 0.1) is 12.3 Å². The topological polar surface area (TPSA) is 57.7 Å². The van der Waals surface area contributed by atoms with Crippen LogP contribution in [0.3, 0.4) is 0 Å². The highest BCUT2D eigenvalue weighted by Crippen LogP contribution is 2.37. The maximum atomic E-state index is 12.6. The van der Waals surface area contributed by atoms with E-state index in [0.717, 1.165) is 10.7 Å². The van der Waals surface area contributed by atoms with E-state index < -0.39 is 10.0 Å². The summed E-state index contributed by atoms with van der Waals surface area (Å²) in [6.07, 6.45) is 0.904. The molecule has 1 amide bonds. The van der Waals surface area contributed by atoms with E-state index >= 15 is 0 Å². The summed E-state index contributed by atoms with van der Waals surface area (Å²) in [6.45, 7) is 5.58. The number of hydrogen-bond acceptors (Lipinski definition) is 3. The van der Waals surface area contributed by atoms with Crippen LogP contribution in [0, 0.1) is 0 Å². The molecule has 0 bridgehead atoms. The van der Waals surface area contributed by atoms with Crippen molar-refractivity contribution in [2.45, 2.75) is 45.2 Å². The number of carbonyl (C=O) groups is 1. The highest BCUT2D eigenvalue weighted by atomic mass is 32.2. The van der Waals surface area contributed by atoms with Crippen LogP contribution in [0.1, 0.15) is 38.7 Å². The number of hydrogen-bond donors (Lipinski definition) is 0. The molecule has 1 aliphatic rings. The van der Waals surface area contributed by atoms with E-state index in [1.807, 2.05) is 36.9 Å². The number of rotatable bonds is 5. The smallest absolute Gasteiger partial charge is 0.238 e. The summed E-state index contributed by atoms with van der Waals surface area (Å²) in [5.74, 6) is 0.181. The van der Waals surface area contributed by atoms with Crippen LogP contribution in [-0.2, 0) is 14.8 Å². The monoisotopic (exact) mass is 338 g/mol. The second-order valence-corrected chi connectivity index (χ2v) is 8.66. The fourth-order valence-corrected chi connectivity index (χ4v) is 4.20. The summed E-state index contributed by atoms with van der Waals surface area (Å²) in [4.78, 5) is 14.5. The van der Waals surface area contributed by atoms with Gasteiger partial charge < -0.3 is 4.90 Å². The quantitative estimate of drug-likeness (QED) is 0.826. The molecule has 0 spiro atoms. The Morgan fingerprint density at radius 1 is 1.26 bits per heavy atom. The van der Waals surface area contributed by atoms with Crippen LogP contribution in [0.25, 0.3) is 0 Å². The Hall–Kier alpha value is -1.40. The van der Waals surface area contributed by atoms with Crippen molar-refractivity contribution >= 4 is 15.9 Å². The Bertz CT molecular complexity index is 645. The Kier molecular flexibility index (Phi) is 5.47. The molecular formula is C17H26N2O3S. The lowest BCUT2D eigenvalue weighted by atomic mass is 9.92. The molecule has 23 heavy (non-hydrogen) atoms. The zero-order valence-corrected chi connectivity index (χ0v) is 15.1. The van der Waals surface area contributed by atoms with Gasteiger partial charge in [-0.15, -0.1) is 0 Å². The van der Waals surface area contributed by atoms with Crippen molar-refractivity contribution < 1.29 is 13.2 Å². The van der Waals surface area contributed by atoms with E-state index in [0.29, 0.717) is 5.92 Å². The molecule has 6 heteroatoms. The van der Waals surface area contributed by atoms with Gasteiger partial charge in [-0.2, -0.15) is 4.31 Å². The third-order valence-electron chi connectivity index (χ3n) is 4.80. The van der Waals surface area contributed by atoms with Crippen molar-refractivity contribution in [1.82, 2.24) is 9.21 Å². The number of amides is 1. The number of likely N-dealkylation sites (N-methyl/N-ethyl adjacent to an activating group) is 1. The van der Waals surface area contributed by atoms with Crippen molar-refractivity contribution in [3.05, 3.63) is 35.9 Å². The number of likely N-dealkylation sites (tertiary alicyclic amines) is 1.